The molecule has 0 aliphatic carbocycles. The molecule has 1 aromatic rings. The van der Waals surface area contributed by atoms with E-state index in [1.165, 1.54) is 0 Å². The van der Waals surface area contributed by atoms with Crippen LogP contribution >= 0.6 is 26.6 Å². The Balaban J connectivity index is 3.84. The summed E-state index contributed by atoms with van der Waals surface area (Å²) in [6, 6.07) is 0. The van der Waals surface area contributed by atoms with E-state index in [-0.39, 0.29) is 0 Å². The van der Waals surface area contributed by atoms with E-state index < -0.39 is 41.7 Å². The quantitative estimate of drug-likeness (QED) is 0.344. The van der Waals surface area contributed by atoms with E-state index in [0.717, 1.165) is 0 Å². The van der Waals surface area contributed by atoms with Crippen molar-refractivity contribution in [2.45, 2.75) is 4.90 Å². The van der Waals surface area contributed by atoms with Gasteiger partial charge in [-0.25, -0.2) is 26.0 Å². The zero-order valence-electron chi connectivity index (χ0n) is 6.49. The van der Waals surface area contributed by atoms with Crippen LogP contribution in [0.4, 0.5) is 17.6 Å². The lowest BCUT2D eigenvalue weighted by atomic mass is 10.3. The monoisotopic (exact) mass is 326 g/mol. The fourth-order valence-corrected chi connectivity index (χ4v) is 3.11. The number of halogens is 6. The van der Waals surface area contributed by atoms with Gasteiger partial charge in [-0.1, -0.05) is 0 Å². The van der Waals surface area contributed by atoms with Crippen LogP contribution in [0.25, 0.3) is 0 Å². The summed E-state index contributed by atoms with van der Waals surface area (Å²) in [5.74, 6) is -8.30. The molecule has 0 amide bonds. The van der Waals surface area contributed by atoms with Gasteiger partial charge in [-0.15, -0.1) is 0 Å². The first-order chi connectivity index (χ1) is 6.68. The Morgan fingerprint density at radius 2 is 1.33 bits per heavy atom. The third-order valence-electron chi connectivity index (χ3n) is 1.41. The zero-order valence-corrected chi connectivity index (χ0v) is 9.65. The van der Waals surface area contributed by atoms with Gasteiger partial charge in [-0.2, -0.15) is 0 Å². The molecule has 0 fully saturated rings. The van der Waals surface area contributed by atoms with Gasteiger partial charge in [0.1, 0.15) is 4.90 Å². The van der Waals surface area contributed by atoms with E-state index in [2.05, 4.69) is 15.9 Å². The molecule has 0 saturated heterocycles. The van der Waals surface area contributed by atoms with E-state index in [1.54, 1.807) is 0 Å². The average Bonchev–Trinajstić information content (AvgIpc) is 2.09. The van der Waals surface area contributed by atoms with Gasteiger partial charge >= 0.3 is 0 Å². The highest BCUT2D eigenvalue weighted by Crippen LogP contribution is 2.33. The molecule has 15 heavy (non-hydrogen) atoms. The topological polar surface area (TPSA) is 34.1 Å². The summed E-state index contributed by atoms with van der Waals surface area (Å²) in [5, 5.41) is 0. The summed E-state index contributed by atoms with van der Waals surface area (Å²) in [6.45, 7) is 0. The number of hydrogen-bond acceptors (Lipinski definition) is 2. The molecular weight excluding hydrogens is 327 g/mol. The molecule has 0 unspecified atom stereocenters. The Hall–Kier alpha value is -0.340. The molecule has 2 nitrogen and oxygen atoms in total. The van der Waals surface area contributed by atoms with Crippen molar-refractivity contribution in [1.29, 1.82) is 0 Å². The van der Waals surface area contributed by atoms with Gasteiger partial charge < -0.3 is 0 Å². The predicted molar refractivity (Wildman–Crippen MR) is 47.0 cm³/mol. The van der Waals surface area contributed by atoms with Crippen LogP contribution in [0, 0.1) is 23.3 Å². The third kappa shape index (κ3) is 2.11. The molecule has 0 N–H and O–H groups in total. The fourth-order valence-electron chi connectivity index (χ4n) is 0.799. The second-order valence-electron chi connectivity index (χ2n) is 2.34. The van der Waals surface area contributed by atoms with Gasteiger partial charge in [-0.3, -0.25) is 0 Å². The molecule has 0 radical (unpaired) electrons. The minimum atomic E-state index is -4.72. The Kier molecular flexibility index (Phi) is 3.32. The average molecular weight is 327 g/mol. The van der Waals surface area contributed by atoms with Crippen LogP contribution in [0.3, 0.4) is 0 Å². The van der Waals surface area contributed by atoms with Crippen LogP contribution in [0.5, 0.6) is 0 Å². The van der Waals surface area contributed by atoms with Gasteiger partial charge in [0.2, 0.25) is 0 Å². The lowest BCUT2D eigenvalue weighted by molar-refractivity contribution is 0.393. The fraction of sp³-hybridized carbons (Fsp3) is 0. The maximum Gasteiger partial charge on any atom is 0.265 e. The maximum atomic E-state index is 12.9. The maximum absolute atomic E-state index is 12.9. The predicted octanol–water partition coefficient (Wildman–Crippen LogP) is 2.93. The second kappa shape index (κ2) is 3.91. The van der Waals surface area contributed by atoms with E-state index in [0.29, 0.717) is 0 Å². The van der Waals surface area contributed by atoms with Crippen molar-refractivity contribution in [2.24, 2.45) is 0 Å². The summed E-state index contributed by atoms with van der Waals surface area (Å²) in [4.78, 5) is -1.47. The van der Waals surface area contributed by atoms with Crippen molar-refractivity contribution in [3.05, 3.63) is 27.7 Å². The molecule has 9 heteroatoms. The SMILES string of the molecule is O=S(=O)(Cl)c1c(F)c(F)c(F)c(F)c1Br. The molecule has 0 spiro atoms. The summed E-state index contributed by atoms with van der Waals surface area (Å²) in [6.07, 6.45) is 0. The lowest BCUT2D eigenvalue weighted by Crippen LogP contribution is -2.06. The first-order valence-corrected chi connectivity index (χ1v) is 6.24. The summed E-state index contributed by atoms with van der Waals surface area (Å²) in [7, 11) is -0.0104. The van der Waals surface area contributed by atoms with E-state index in [1.807, 2.05) is 0 Å². The Labute approximate surface area is 94.4 Å². The molecular formula is C6BrClF4O2S. The van der Waals surface area contributed by atoms with Crippen molar-refractivity contribution in [1.82, 2.24) is 0 Å². The molecule has 0 bridgehead atoms. The van der Waals surface area contributed by atoms with Crippen LogP contribution in [0.15, 0.2) is 9.37 Å². The number of hydrogen-bond donors (Lipinski definition) is 0. The molecule has 0 aliphatic heterocycles. The number of rotatable bonds is 1. The Morgan fingerprint density at radius 3 is 1.73 bits per heavy atom. The third-order valence-corrected chi connectivity index (χ3v) is 3.75. The minimum absolute atomic E-state index is 1.09. The van der Waals surface area contributed by atoms with Crippen molar-refractivity contribution < 1.29 is 26.0 Å². The Bertz CT molecular complexity index is 501. The first-order valence-electron chi connectivity index (χ1n) is 3.14. The largest absolute Gasteiger partial charge is 0.265 e. The van der Waals surface area contributed by atoms with Gasteiger partial charge in [-0.05, 0) is 15.9 Å². The molecule has 0 atom stereocenters. The standard InChI is InChI=1S/C6BrClF4O2S/c7-1-2(9)3(10)4(11)5(12)6(1)15(8,13)14. The molecule has 84 valence electrons. The lowest BCUT2D eigenvalue weighted by Gasteiger charge is -2.05. The van der Waals surface area contributed by atoms with Crippen LogP contribution in [-0.4, -0.2) is 8.42 Å². The van der Waals surface area contributed by atoms with E-state index in [4.69, 9.17) is 10.7 Å². The first kappa shape index (κ1) is 12.7. The summed E-state index contributed by atoms with van der Waals surface area (Å²) < 4.78 is 71.3. The van der Waals surface area contributed by atoms with Crippen LogP contribution in [0.2, 0.25) is 0 Å². The zero-order chi connectivity index (χ0) is 12.0. The summed E-state index contributed by atoms with van der Waals surface area (Å²) in [5.41, 5.74) is 0. The molecule has 0 saturated carbocycles. The van der Waals surface area contributed by atoms with Gasteiger partial charge in [0.15, 0.2) is 23.3 Å². The van der Waals surface area contributed by atoms with Gasteiger partial charge in [0.25, 0.3) is 9.05 Å². The highest BCUT2D eigenvalue weighted by Gasteiger charge is 2.30. The highest BCUT2D eigenvalue weighted by molar-refractivity contribution is 9.10. The van der Waals surface area contributed by atoms with Gasteiger partial charge in [0, 0.05) is 10.7 Å². The van der Waals surface area contributed by atoms with Crippen LogP contribution in [-0.2, 0) is 9.05 Å². The van der Waals surface area contributed by atoms with Crippen LogP contribution < -0.4 is 0 Å². The minimum Gasteiger partial charge on any atom is -0.207 e. The van der Waals surface area contributed by atoms with Gasteiger partial charge in [0.05, 0.1) is 4.47 Å². The van der Waals surface area contributed by atoms with Crippen LogP contribution in [0.1, 0.15) is 0 Å². The normalized spacial score (nSPS) is 11.9. The summed E-state index contributed by atoms with van der Waals surface area (Å²) >= 11 is 2.27. The second-order valence-corrected chi connectivity index (χ2v) is 5.63. The van der Waals surface area contributed by atoms with Crippen molar-refractivity contribution >= 4 is 35.7 Å². The van der Waals surface area contributed by atoms with E-state index in [9.17, 15) is 26.0 Å². The molecule has 0 aromatic heterocycles. The van der Waals surface area contributed by atoms with Crippen molar-refractivity contribution in [2.75, 3.05) is 0 Å². The highest BCUT2D eigenvalue weighted by atomic mass is 79.9. The molecule has 0 heterocycles. The van der Waals surface area contributed by atoms with Crippen molar-refractivity contribution in [3.63, 3.8) is 0 Å². The van der Waals surface area contributed by atoms with E-state index >= 15 is 0 Å². The molecule has 1 aromatic carbocycles. The molecule has 0 aliphatic rings. The van der Waals surface area contributed by atoms with Crippen molar-refractivity contribution in [3.8, 4) is 0 Å². The number of benzene rings is 1. The molecule has 1 rings (SSSR count). The smallest absolute Gasteiger partial charge is 0.207 e. The Morgan fingerprint density at radius 1 is 0.933 bits per heavy atom.